The van der Waals surface area contributed by atoms with Gasteiger partial charge >= 0.3 is 0 Å². The molecule has 0 spiro atoms. The minimum absolute atomic E-state index is 0.599. The molecule has 0 radical (unpaired) electrons. The molecule has 9 heavy (non-hydrogen) atoms. The van der Waals surface area contributed by atoms with E-state index in [9.17, 15) is 0 Å². The lowest BCUT2D eigenvalue weighted by Crippen LogP contribution is -1.87. The molecule has 0 aliphatic heterocycles. The highest BCUT2D eigenvalue weighted by atomic mass is 79.9. The molecule has 0 saturated carbocycles. The Labute approximate surface area is 74.4 Å². The van der Waals surface area contributed by atoms with Crippen molar-refractivity contribution >= 4 is 43.5 Å². The van der Waals surface area contributed by atoms with Crippen LogP contribution in [0.25, 0.3) is 0 Å². The second-order valence-electron chi connectivity index (χ2n) is 1.52. The van der Waals surface area contributed by atoms with Crippen molar-refractivity contribution in [3.05, 3.63) is 14.2 Å². The monoisotopic (exact) mass is 272 g/mol. The Kier molecular flexibility index (Phi) is 2.18. The smallest absolute Gasteiger partial charge is 0.143 e. The minimum atomic E-state index is 0.599. The number of hydrogen-bond acceptors (Lipinski definition) is 1. The molecule has 0 atom stereocenters. The number of hydrogen-bond donors (Lipinski definition) is 0. The highest BCUT2D eigenvalue weighted by Crippen LogP contribution is 2.28. The first kappa shape index (κ1) is 7.57. The highest BCUT2D eigenvalue weighted by Gasteiger charge is 2.07. The third-order valence-electron chi connectivity index (χ3n) is 0.884. The van der Waals surface area contributed by atoms with E-state index in [1.807, 2.05) is 0 Å². The summed E-state index contributed by atoms with van der Waals surface area (Å²) in [5.41, 5.74) is 0. The Balaban J connectivity index is 3.29. The number of aromatic nitrogens is 2. The van der Waals surface area contributed by atoms with Crippen LogP contribution >= 0.6 is 43.5 Å². The van der Waals surface area contributed by atoms with Crippen LogP contribution in [0.2, 0.25) is 5.15 Å². The average Bonchev–Trinajstić information content (AvgIpc) is 1.98. The van der Waals surface area contributed by atoms with Gasteiger partial charge in [-0.2, -0.15) is 5.10 Å². The molecule has 50 valence electrons. The maximum Gasteiger partial charge on any atom is 0.143 e. The maximum atomic E-state index is 5.72. The van der Waals surface area contributed by atoms with Gasteiger partial charge in [0.15, 0.2) is 0 Å². The summed E-state index contributed by atoms with van der Waals surface area (Å²) in [7, 11) is 1.78. The predicted molar refractivity (Wildman–Crippen MR) is 43.6 cm³/mol. The fraction of sp³-hybridized carbons (Fsp3) is 0.250. The Morgan fingerprint density at radius 3 is 2.22 bits per heavy atom. The summed E-state index contributed by atoms with van der Waals surface area (Å²) < 4.78 is 3.11. The quantitative estimate of drug-likeness (QED) is 0.711. The van der Waals surface area contributed by atoms with Gasteiger partial charge < -0.3 is 0 Å². The zero-order valence-electron chi connectivity index (χ0n) is 4.53. The Morgan fingerprint density at radius 2 is 2.11 bits per heavy atom. The van der Waals surface area contributed by atoms with Gasteiger partial charge in [-0.05, 0) is 31.9 Å². The van der Waals surface area contributed by atoms with Crippen molar-refractivity contribution in [2.75, 3.05) is 0 Å². The van der Waals surface area contributed by atoms with Gasteiger partial charge in [0.2, 0.25) is 0 Å². The average molecular weight is 274 g/mol. The Morgan fingerprint density at radius 1 is 1.56 bits per heavy atom. The first-order valence-corrected chi connectivity index (χ1v) is 4.13. The summed E-state index contributed by atoms with van der Waals surface area (Å²) in [5, 5.41) is 4.56. The normalized spacial score (nSPS) is 10.2. The molecule has 0 saturated heterocycles. The van der Waals surface area contributed by atoms with Crippen LogP contribution in [0.4, 0.5) is 0 Å². The van der Waals surface area contributed by atoms with E-state index in [-0.39, 0.29) is 0 Å². The SMILES string of the molecule is Cn1nc(Br)c(Br)c1Cl. The van der Waals surface area contributed by atoms with E-state index in [1.54, 1.807) is 11.7 Å². The molecule has 0 amide bonds. The van der Waals surface area contributed by atoms with Crippen LogP contribution in [-0.2, 0) is 7.05 Å². The molecule has 2 nitrogen and oxygen atoms in total. The van der Waals surface area contributed by atoms with Crippen molar-refractivity contribution in [3.63, 3.8) is 0 Å². The van der Waals surface area contributed by atoms with Crippen LogP contribution in [-0.4, -0.2) is 9.78 Å². The first-order valence-electron chi connectivity index (χ1n) is 2.16. The Hall–Kier alpha value is 0.460. The summed E-state index contributed by atoms with van der Waals surface area (Å²) in [6.07, 6.45) is 0. The van der Waals surface area contributed by atoms with Gasteiger partial charge in [0, 0.05) is 7.05 Å². The molecule has 1 heterocycles. The maximum absolute atomic E-state index is 5.72. The molecule has 1 aromatic rings. The summed E-state index contributed by atoms with van der Waals surface area (Å²) in [4.78, 5) is 0. The molecule has 0 aliphatic rings. The third kappa shape index (κ3) is 1.30. The number of nitrogens with zero attached hydrogens (tertiary/aromatic N) is 2. The second kappa shape index (κ2) is 2.60. The summed E-state index contributed by atoms with van der Waals surface area (Å²) in [6, 6.07) is 0. The van der Waals surface area contributed by atoms with Crippen LogP contribution in [0, 0.1) is 0 Å². The van der Waals surface area contributed by atoms with E-state index in [1.165, 1.54) is 0 Å². The number of aryl methyl sites for hydroxylation is 1. The first-order chi connectivity index (χ1) is 4.13. The fourth-order valence-corrected chi connectivity index (χ4v) is 1.45. The lowest BCUT2D eigenvalue weighted by molar-refractivity contribution is 0.761. The lowest BCUT2D eigenvalue weighted by Gasteiger charge is -1.86. The largest absolute Gasteiger partial charge is 0.255 e. The van der Waals surface area contributed by atoms with E-state index in [2.05, 4.69) is 37.0 Å². The van der Waals surface area contributed by atoms with Gasteiger partial charge in [-0.3, -0.25) is 4.68 Å². The highest BCUT2D eigenvalue weighted by molar-refractivity contribution is 9.13. The van der Waals surface area contributed by atoms with E-state index >= 15 is 0 Å². The molecule has 0 aliphatic carbocycles. The molecular formula is C4H3Br2ClN2. The van der Waals surface area contributed by atoms with Crippen molar-refractivity contribution < 1.29 is 0 Å². The summed E-state index contributed by atoms with van der Waals surface area (Å²) in [6.45, 7) is 0. The van der Waals surface area contributed by atoms with Gasteiger partial charge in [-0.25, -0.2) is 0 Å². The summed E-state index contributed by atoms with van der Waals surface area (Å²) >= 11 is 12.2. The fourth-order valence-electron chi connectivity index (χ4n) is 0.447. The summed E-state index contributed by atoms with van der Waals surface area (Å²) in [5.74, 6) is 0. The zero-order chi connectivity index (χ0) is 7.02. The van der Waals surface area contributed by atoms with Crippen LogP contribution < -0.4 is 0 Å². The molecular weight excluding hydrogens is 271 g/mol. The standard InChI is InChI=1S/C4H3Br2ClN2/c1-9-4(7)2(5)3(6)8-9/h1H3. The minimum Gasteiger partial charge on any atom is -0.255 e. The molecule has 0 bridgehead atoms. The molecule has 0 N–H and O–H groups in total. The van der Waals surface area contributed by atoms with E-state index in [0.29, 0.717) is 5.15 Å². The number of halogens is 3. The van der Waals surface area contributed by atoms with Gasteiger partial charge in [-0.15, -0.1) is 0 Å². The van der Waals surface area contributed by atoms with Crippen molar-refractivity contribution in [2.45, 2.75) is 0 Å². The molecule has 5 heteroatoms. The second-order valence-corrected chi connectivity index (χ2v) is 3.42. The van der Waals surface area contributed by atoms with Crippen LogP contribution in [0.3, 0.4) is 0 Å². The lowest BCUT2D eigenvalue weighted by atomic mass is 10.7. The van der Waals surface area contributed by atoms with Gasteiger partial charge in [0.05, 0.1) is 4.47 Å². The van der Waals surface area contributed by atoms with Gasteiger partial charge in [0.25, 0.3) is 0 Å². The molecule has 0 unspecified atom stereocenters. The topological polar surface area (TPSA) is 17.8 Å². The van der Waals surface area contributed by atoms with Crippen molar-refractivity contribution in [3.8, 4) is 0 Å². The molecule has 1 aromatic heterocycles. The van der Waals surface area contributed by atoms with E-state index in [0.717, 1.165) is 9.08 Å². The zero-order valence-corrected chi connectivity index (χ0v) is 8.46. The molecule has 0 aromatic carbocycles. The van der Waals surface area contributed by atoms with Gasteiger partial charge in [0.1, 0.15) is 9.76 Å². The third-order valence-corrected chi connectivity index (χ3v) is 3.38. The van der Waals surface area contributed by atoms with Crippen molar-refractivity contribution in [1.82, 2.24) is 9.78 Å². The van der Waals surface area contributed by atoms with E-state index < -0.39 is 0 Å². The van der Waals surface area contributed by atoms with Crippen molar-refractivity contribution in [1.29, 1.82) is 0 Å². The number of rotatable bonds is 0. The van der Waals surface area contributed by atoms with Crippen LogP contribution in [0.5, 0.6) is 0 Å². The van der Waals surface area contributed by atoms with E-state index in [4.69, 9.17) is 11.6 Å². The van der Waals surface area contributed by atoms with Crippen molar-refractivity contribution in [2.24, 2.45) is 7.05 Å². The molecule has 0 fully saturated rings. The van der Waals surface area contributed by atoms with Crippen LogP contribution in [0.1, 0.15) is 0 Å². The van der Waals surface area contributed by atoms with Crippen LogP contribution in [0.15, 0.2) is 9.08 Å². The van der Waals surface area contributed by atoms with Gasteiger partial charge in [-0.1, -0.05) is 11.6 Å². The predicted octanol–water partition coefficient (Wildman–Crippen LogP) is 2.60. The Bertz CT molecular complexity index is 210. The molecule has 1 rings (SSSR count).